The summed E-state index contributed by atoms with van der Waals surface area (Å²) in [6.45, 7) is 0. The van der Waals surface area contributed by atoms with Gasteiger partial charge >= 0.3 is 6.18 Å². The van der Waals surface area contributed by atoms with Crippen molar-refractivity contribution in [2.24, 2.45) is 0 Å². The molecule has 2 aromatic carbocycles. The highest BCUT2D eigenvalue weighted by Crippen LogP contribution is 2.33. The Kier molecular flexibility index (Phi) is 3.38. The maximum atomic E-state index is 13.6. The van der Waals surface area contributed by atoms with Crippen LogP contribution in [0.15, 0.2) is 42.5 Å². The molecule has 0 bridgehead atoms. The second kappa shape index (κ2) is 4.84. The van der Waals surface area contributed by atoms with E-state index in [-0.39, 0.29) is 16.7 Å². The molecule has 0 atom stereocenters. The van der Waals surface area contributed by atoms with Gasteiger partial charge in [0.25, 0.3) is 0 Å². The lowest BCUT2D eigenvalue weighted by molar-refractivity contribution is -0.137. The summed E-state index contributed by atoms with van der Waals surface area (Å²) in [4.78, 5) is 10.6. The normalized spacial score (nSPS) is 11.4. The van der Waals surface area contributed by atoms with Crippen molar-refractivity contribution in [3.8, 4) is 11.1 Å². The van der Waals surface area contributed by atoms with Crippen molar-refractivity contribution < 1.29 is 22.4 Å². The lowest BCUT2D eigenvalue weighted by Gasteiger charge is -2.09. The van der Waals surface area contributed by atoms with Crippen LogP contribution in [0.2, 0.25) is 0 Å². The molecule has 0 saturated heterocycles. The quantitative estimate of drug-likeness (QED) is 0.585. The van der Waals surface area contributed by atoms with Crippen molar-refractivity contribution in [1.29, 1.82) is 0 Å². The maximum Gasteiger partial charge on any atom is 0.416 e. The third-order valence-electron chi connectivity index (χ3n) is 2.63. The first-order valence-electron chi connectivity index (χ1n) is 5.34. The molecule has 19 heavy (non-hydrogen) atoms. The molecule has 0 amide bonds. The Balaban J connectivity index is 2.56. The van der Waals surface area contributed by atoms with E-state index in [1.807, 2.05) is 0 Å². The number of carbonyl (C=O) groups excluding carboxylic acids is 1. The van der Waals surface area contributed by atoms with E-state index in [0.29, 0.717) is 6.29 Å². The molecule has 0 spiro atoms. The smallest absolute Gasteiger partial charge is 0.298 e. The zero-order valence-electron chi connectivity index (χ0n) is 9.54. The molecule has 0 aliphatic rings. The Morgan fingerprint density at radius 3 is 2.37 bits per heavy atom. The fourth-order valence-corrected chi connectivity index (χ4v) is 1.70. The largest absolute Gasteiger partial charge is 0.416 e. The van der Waals surface area contributed by atoms with Crippen molar-refractivity contribution in [2.75, 3.05) is 0 Å². The van der Waals surface area contributed by atoms with Gasteiger partial charge in [-0.05, 0) is 35.9 Å². The first-order chi connectivity index (χ1) is 8.91. The van der Waals surface area contributed by atoms with Gasteiger partial charge in [0.1, 0.15) is 12.1 Å². The van der Waals surface area contributed by atoms with Gasteiger partial charge in [0.15, 0.2) is 0 Å². The van der Waals surface area contributed by atoms with E-state index < -0.39 is 17.6 Å². The first-order valence-corrected chi connectivity index (χ1v) is 5.34. The van der Waals surface area contributed by atoms with Crippen LogP contribution in [0.25, 0.3) is 11.1 Å². The topological polar surface area (TPSA) is 17.1 Å². The number of hydrogen-bond donors (Lipinski definition) is 0. The third-order valence-corrected chi connectivity index (χ3v) is 2.63. The summed E-state index contributed by atoms with van der Waals surface area (Å²) >= 11 is 0. The van der Waals surface area contributed by atoms with Gasteiger partial charge in [0, 0.05) is 11.1 Å². The molecule has 0 unspecified atom stereocenters. The predicted molar refractivity (Wildman–Crippen MR) is 62.2 cm³/mol. The summed E-state index contributed by atoms with van der Waals surface area (Å²) in [5.74, 6) is -0.676. The summed E-state index contributed by atoms with van der Waals surface area (Å²) < 4.78 is 51.4. The van der Waals surface area contributed by atoms with Crippen LogP contribution < -0.4 is 0 Å². The van der Waals surface area contributed by atoms with Gasteiger partial charge in [-0.3, -0.25) is 4.79 Å². The molecule has 0 radical (unpaired) electrons. The van der Waals surface area contributed by atoms with E-state index in [1.165, 1.54) is 24.3 Å². The van der Waals surface area contributed by atoms with Gasteiger partial charge in [-0.2, -0.15) is 13.2 Å². The van der Waals surface area contributed by atoms with Crippen molar-refractivity contribution >= 4 is 6.29 Å². The average molecular weight is 268 g/mol. The minimum Gasteiger partial charge on any atom is -0.298 e. The summed E-state index contributed by atoms with van der Waals surface area (Å²) in [6.07, 6.45) is -3.98. The van der Waals surface area contributed by atoms with Gasteiger partial charge in [-0.25, -0.2) is 4.39 Å². The molecule has 0 aliphatic carbocycles. The minimum absolute atomic E-state index is 0.0318. The van der Waals surface area contributed by atoms with Gasteiger partial charge in [0.05, 0.1) is 5.56 Å². The molecule has 0 fully saturated rings. The molecule has 2 aromatic rings. The van der Waals surface area contributed by atoms with Crippen LogP contribution in [0.4, 0.5) is 17.6 Å². The van der Waals surface area contributed by atoms with Gasteiger partial charge < -0.3 is 0 Å². The van der Waals surface area contributed by atoms with Crippen LogP contribution in [-0.4, -0.2) is 6.29 Å². The monoisotopic (exact) mass is 268 g/mol. The van der Waals surface area contributed by atoms with E-state index in [4.69, 9.17) is 0 Å². The molecular weight excluding hydrogens is 260 g/mol. The number of aldehydes is 1. The highest BCUT2D eigenvalue weighted by molar-refractivity contribution is 5.79. The fraction of sp³-hybridized carbons (Fsp3) is 0.0714. The Morgan fingerprint density at radius 1 is 1.00 bits per heavy atom. The van der Waals surface area contributed by atoms with E-state index in [2.05, 4.69) is 0 Å². The Labute approximate surface area is 106 Å². The first kappa shape index (κ1) is 13.3. The second-order valence-electron chi connectivity index (χ2n) is 3.94. The highest BCUT2D eigenvalue weighted by Gasteiger charge is 2.30. The molecule has 0 aromatic heterocycles. The van der Waals surface area contributed by atoms with Crippen molar-refractivity contribution in [3.63, 3.8) is 0 Å². The standard InChI is InChI=1S/C14H8F4O/c15-13-5-4-9(8-19)6-12(13)10-2-1-3-11(7-10)14(16,17)18/h1-8H. The zero-order chi connectivity index (χ0) is 14.0. The molecular formula is C14H8F4O. The van der Waals surface area contributed by atoms with E-state index in [1.54, 1.807) is 0 Å². The van der Waals surface area contributed by atoms with E-state index in [0.717, 1.165) is 18.2 Å². The number of alkyl halides is 3. The van der Waals surface area contributed by atoms with Crippen LogP contribution in [0, 0.1) is 5.82 Å². The molecule has 0 heterocycles. The van der Waals surface area contributed by atoms with Gasteiger partial charge in [-0.1, -0.05) is 12.1 Å². The molecule has 5 heteroatoms. The van der Waals surface area contributed by atoms with E-state index >= 15 is 0 Å². The molecule has 2 rings (SSSR count). The van der Waals surface area contributed by atoms with Gasteiger partial charge in [0.2, 0.25) is 0 Å². The number of carbonyl (C=O) groups is 1. The average Bonchev–Trinajstić information content (AvgIpc) is 2.38. The summed E-state index contributed by atoms with van der Waals surface area (Å²) in [6, 6.07) is 7.86. The lowest BCUT2D eigenvalue weighted by atomic mass is 10.0. The molecule has 0 aliphatic heterocycles. The molecule has 0 saturated carbocycles. The number of rotatable bonds is 2. The van der Waals surface area contributed by atoms with Crippen molar-refractivity contribution in [1.82, 2.24) is 0 Å². The van der Waals surface area contributed by atoms with Crippen LogP contribution >= 0.6 is 0 Å². The fourth-order valence-electron chi connectivity index (χ4n) is 1.70. The van der Waals surface area contributed by atoms with Crippen LogP contribution in [0.5, 0.6) is 0 Å². The van der Waals surface area contributed by atoms with Crippen molar-refractivity contribution in [3.05, 3.63) is 59.4 Å². The zero-order valence-corrected chi connectivity index (χ0v) is 9.54. The number of benzene rings is 2. The van der Waals surface area contributed by atoms with Crippen molar-refractivity contribution in [2.45, 2.75) is 6.18 Å². The number of hydrogen-bond acceptors (Lipinski definition) is 1. The summed E-state index contributed by atoms with van der Waals surface area (Å²) in [5, 5.41) is 0. The third kappa shape index (κ3) is 2.81. The number of halogens is 4. The van der Waals surface area contributed by atoms with Crippen LogP contribution in [0.3, 0.4) is 0 Å². The predicted octanol–water partition coefficient (Wildman–Crippen LogP) is 4.32. The lowest BCUT2D eigenvalue weighted by Crippen LogP contribution is -2.04. The Hall–Kier alpha value is -2.17. The summed E-state index contributed by atoms with van der Waals surface area (Å²) in [5.41, 5.74) is -0.610. The second-order valence-corrected chi connectivity index (χ2v) is 3.94. The SMILES string of the molecule is O=Cc1ccc(F)c(-c2cccc(C(F)(F)F)c2)c1. The Bertz CT molecular complexity index is 617. The summed E-state index contributed by atoms with van der Waals surface area (Å²) in [7, 11) is 0. The minimum atomic E-state index is -4.49. The van der Waals surface area contributed by atoms with Gasteiger partial charge in [-0.15, -0.1) is 0 Å². The Morgan fingerprint density at radius 2 is 1.74 bits per heavy atom. The van der Waals surface area contributed by atoms with Crippen LogP contribution in [-0.2, 0) is 6.18 Å². The maximum absolute atomic E-state index is 13.6. The molecule has 1 nitrogen and oxygen atoms in total. The highest BCUT2D eigenvalue weighted by atomic mass is 19.4. The van der Waals surface area contributed by atoms with E-state index in [9.17, 15) is 22.4 Å². The van der Waals surface area contributed by atoms with Crippen LogP contribution in [0.1, 0.15) is 15.9 Å². The molecule has 0 N–H and O–H groups in total. The molecule has 98 valence electrons.